The summed E-state index contributed by atoms with van der Waals surface area (Å²) in [7, 11) is 0. The molecule has 0 spiro atoms. The molecule has 2 unspecified atom stereocenters. The van der Waals surface area contributed by atoms with Crippen LogP contribution in [0, 0.1) is 5.92 Å². The van der Waals surface area contributed by atoms with E-state index in [1.807, 2.05) is 4.57 Å². The molecule has 0 bridgehead atoms. The first-order chi connectivity index (χ1) is 7.11. The number of nitrogens with zero attached hydrogens (tertiary/aromatic N) is 3. The van der Waals surface area contributed by atoms with Gasteiger partial charge in [0.05, 0.1) is 5.92 Å². The van der Waals surface area contributed by atoms with Crippen LogP contribution in [0.3, 0.4) is 0 Å². The molecule has 0 radical (unpaired) electrons. The van der Waals surface area contributed by atoms with Crippen LogP contribution in [0.5, 0.6) is 0 Å². The van der Waals surface area contributed by atoms with Crippen molar-refractivity contribution in [2.45, 2.75) is 39.2 Å². The zero-order valence-corrected chi connectivity index (χ0v) is 9.13. The monoisotopic (exact) mass is 211 g/mol. The van der Waals surface area contributed by atoms with Crippen LogP contribution in [-0.4, -0.2) is 25.8 Å². The minimum absolute atomic E-state index is 0.252. The lowest BCUT2D eigenvalue weighted by molar-refractivity contribution is -0.141. The van der Waals surface area contributed by atoms with Crippen LogP contribution in [0.25, 0.3) is 0 Å². The minimum Gasteiger partial charge on any atom is -0.481 e. The van der Waals surface area contributed by atoms with Gasteiger partial charge in [-0.3, -0.25) is 4.79 Å². The number of aliphatic carboxylic acids is 1. The number of carboxylic acid groups (broad SMARTS) is 1. The second-order valence-corrected chi connectivity index (χ2v) is 3.93. The molecule has 0 saturated heterocycles. The minimum atomic E-state index is -0.716. The fourth-order valence-corrected chi connectivity index (χ4v) is 1.43. The van der Waals surface area contributed by atoms with Gasteiger partial charge in [-0.05, 0) is 19.8 Å². The van der Waals surface area contributed by atoms with Gasteiger partial charge >= 0.3 is 5.97 Å². The highest BCUT2D eigenvalue weighted by Crippen LogP contribution is 2.16. The summed E-state index contributed by atoms with van der Waals surface area (Å²) in [5.74, 6) is -0.968. The Bertz CT molecular complexity index is 298. The fourth-order valence-electron chi connectivity index (χ4n) is 1.43. The highest BCUT2D eigenvalue weighted by atomic mass is 16.4. The molecule has 5 nitrogen and oxygen atoms in total. The first-order valence-corrected chi connectivity index (χ1v) is 5.18. The van der Waals surface area contributed by atoms with Crippen LogP contribution in [0.2, 0.25) is 0 Å². The highest BCUT2D eigenvalue weighted by Gasteiger charge is 2.11. The topological polar surface area (TPSA) is 68.0 Å². The number of carbonyl (C=O) groups is 1. The summed E-state index contributed by atoms with van der Waals surface area (Å²) < 4.78 is 1.94. The Morgan fingerprint density at radius 3 is 2.47 bits per heavy atom. The lowest BCUT2D eigenvalue weighted by atomic mass is 10.0. The molecule has 1 heterocycles. The molecule has 84 valence electrons. The first-order valence-electron chi connectivity index (χ1n) is 5.18. The molecule has 0 aliphatic heterocycles. The molecule has 0 aromatic carbocycles. The quantitative estimate of drug-likeness (QED) is 0.778. The third-order valence-corrected chi connectivity index (χ3v) is 2.63. The maximum atomic E-state index is 10.6. The summed E-state index contributed by atoms with van der Waals surface area (Å²) in [4.78, 5) is 10.6. The fraction of sp³-hybridized carbons (Fsp3) is 0.700. The Morgan fingerprint density at radius 2 is 1.93 bits per heavy atom. The van der Waals surface area contributed by atoms with Gasteiger partial charge in [0.25, 0.3) is 0 Å². The summed E-state index contributed by atoms with van der Waals surface area (Å²) in [6.45, 7) is 3.82. The van der Waals surface area contributed by atoms with E-state index in [2.05, 4.69) is 17.1 Å². The lowest BCUT2D eigenvalue weighted by Crippen LogP contribution is -2.10. The summed E-state index contributed by atoms with van der Waals surface area (Å²) in [6.07, 6.45) is 5.96. The van der Waals surface area contributed by atoms with Crippen molar-refractivity contribution in [3.63, 3.8) is 0 Å². The third kappa shape index (κ3) is 3.69. The number of hydrogen-bond donors (Lipinski definition) is 1. The molecule has 0 saturated carbocycles. The van der Waals surface area contributed by atoms with Gasteiger partial charge < -0.3 is 9.67 Å². The van der Waals surface area contributed by atoms with E-state index < -0.39 is 5.97 Å². The number of carboxylic acids is 1. The molecule has 0 fully saturated rings. The van der Waals surface area contributed by atoms with E-state index in [1.165, 1.54) is 0 Å². The maximum absolute atomic E-state index is 10.6. The molecule has 0 amide bonds. The molecular formula is C10H17N3O2. The Morgan fingerprint density at radius 1 is 1.33 bits per heavy atom. The van der Waals surface area contributed by atoms with Gasteiger partial charge in [0.15, 0.2) is 0 Å². The van der Waals surface area contributed by atoms with Crippen LogP contribution < -0.4 is 0 Å². The Labute approximate surface area is 89.1 Å². The van der Waals surface area contributed by atoms with Crippen molar-refractivity contribution >= 4 is 5.97 Å². The first kappa shape index (κ1) is 11.7. The third-order valence-electron chi connectivity index (χ3n) is 2.63. The van der Waals surface area contributed by atoms with Crippen molar-refractivity contribution in [3.8, 4) is 0 Å². The summed E-state index contributed by atoms with van der Waals surface area (Å²) >= 11 is 0. The van der Waals surface area contributed by atoms with Gasteiger partial charge in [-0.1, -0.05) is 13.3 Å². The molecule has 2 atom stereocenters. The Hall–Kier alpha value is -1.39. The normalized spacial score (nSPS) is 14.8. The van der Waals surface area contributed by atoms with E-state index in [4.69, 9.17) is 5.11 Å². The lowest BCUT2D eigenvalue weighted by Gasteiger charge is -2.12. The zero-order valence-electron chi connectivity index (χ0n) is 9.13. The van der Waals surface area contributed by atoms with Crippen molar-refractivity contribution in [3.05, 3.63) is 12.7 Å². The molecular weight excluding hydrogens is 194 g/mol. The Kier molecular flexibility index (Phi) is 4.27. The number of hydrogen-bond acceptors (Lipinski definition) is 3. The predicted molar refractivity (Wildman–Crippen MR) is 55.4 cm³/mol. The van der Waals surface area contributed by atoms with Crippen molar-refractivity contribution in [1.29, 1.82) is 0 Å². The van der Waals surface area contributed by atoms with E-state index in [0.29, 0.717) is 6.04 Å². The van der Waals surface area contributed by atoms with Crippen molar-refractivity contribution in [2.75, 3.05) is 0 Å². The molecule has 1 rings (SSSR count). The standard InChI is InChI=1S/C10H17N3O2/c1-8(10(14)15)4-3-5-9(2)13-6-11-12-7-13/h6-9H,3-5H2,1-2H3,(H,14,15). The molecule has 1 aromatic heterocycles. The van der Waals surface area contributed by atoms with Crippen LogP contribution in [0.4, 0.5) is 0 Å². The van der Waals surface area contributed by atoms with Crippen LogP contribution in [-0.2, 0) is 4.79 Å². The smallest absolute Gasteiger partial charge is 0.306 e. The molecule has 15 heavy (non-hydrogen) atoms. The largest absolute Gasteiger partial charge is 0.481 e. The van der Waals surface area contributed by atoms with E-state index in [9.17, 15) is 4.79 Å². The SMILES string of the molecule is CC(CCCC(C)n1cnnc1)C(=O)O. The van der Waals surface area contributed by atoms with Crippen molar-refractivity contribution < 1.29 is 9.90 Å². The van der Waals surface area contributed by atoms with Gasteiger partial charge in [0.2, 0.25) is 0 Å². The second kappa shape index (κ2) is 5.48. The average Bonchev–Trinajstić information content (AvgIpc) is 2.70. The van der Waals surface area contributed by atoms with Crippen molar-refractivity contribution in [2.24, 2.45) is 5.92 Å². The predicted octanol–water partition coefficient (Wildman–Crippen LogP) is 1.73. The number of rotatable bonds is 6. The van der Waals surface area contributed by atoms with Crippen LogP contribution in [0.1, 0.15) is 39.2 Å². The molecule has 5 heteroatoms. The van der Waals surface area contributed by atoms with Gasteiger partial charge in [-0.2, -0.15) is 0 Å². The van der Waals surface area contributed by atoms with Gasteiger partial charge in [0, 0.05) is 6.04 Å². The molecule has 0 aliphatic carbocycles. The second-order valence-electron chi connectivity index (χ2n) is 3.93. The Balaban J connectivity index is 2.23. The van der Waals surface area contributed by atoms with Gasteiger partial charge in [-0.25, -0.2) is 0 Å². The molecule has 0 aliphatic rings. The van der Waals surface area contributed by atoms with Crippen molar-refractivity contribution in [1.82, 2.24) is 14.8 Å². The zero-order chi connectivity index (χ0) is 11.3. The van der Waals surface area contributed by atoms with Crippen LogP contribution in [0.15, 0.2) is 12.7 Å². The van der Waals surface area contributed by atoms with Gasteiger partial charge in [-0.15, -0.1) is 10.2 Å². The highest BCUT2D eigenvalue weighted by molar-refractivity contribution is 5.69. The van der Waals surface area contributed by atoms with E-state index in [-0.39, 0.29) is 5.92 Å². The molecule has 1 aromatic rings. The van der Waals surface area contributed by atoms with Crippen LogP contribution >= 0.6 is 0 Å². The summed E-state index contributed by atoms with van der Waals surface area (Å²) in [6, 6.07) is 0.334. The van der Waals surface area contributed by atoms with E-state index >= 15 is 0 Å². The van der Waals surface area contributed by atoms with E-state index in [0.717, 1.165) is 19.3 Å². The number of aromatic nitrogens is 3. The summed E-state index contributed by atoms with van der Waals surface area (Å²) in [5, 5.41) is 16.2. The summed E-state index contributed by atoms with van der Waals surface area (Å²) in [5.41, 5.74) is 0. The van der Waals surface area contributed by atoms with E-state index in [1.54, 1.807) is 19.6 Å². The molecule has 1 N–H and O–H groups in total. The maximum Gasteiger partial charge on any atom is 0.306 e. The average molecular weight is 211 g/mol. The van der Waals surface area contributed by atoms with Gasteiger partial charge in [0.1, 0.15) is 12.7 Å².